The number of aliphatic imine (C=N–C) groups is 1. The Hall–Kier alpha value is -2.56. The van der Waals surface area contributed by atoms with Gasteiger partial charge in [0.15, 0.2) is 0 Å². The lowest BCUT2D eigenvalue weighted by Crippen LogP contribution is -2.09. The van der Waals surface area contributed by atoms with E-state index in [0.717, 1.165) is 11.3 Å². The summed E-state index contributed by atoms with van der Waals surface area (Å²) < 4.78 is 4.64. The molecule has 0 aliphatic heterocycles. The van der Waals surface area contributed by atoms with Crippen LogP contribution in [0.5, 0.6) is 0 Å². The SMILES string of the molecule is CCN=CC(C(=O)OC)=C(O)C=Cc1ccc(N(C)C)cc1. The van der Waals surface area contributed by atoms with Crippen molar-refractivity contribution in [3.8, 4) is 0 Å². The smallest absolute Gasteiger partial charge is 0.343 e. The Kier molecular flexibility index (Phi) is 6.89. The van der Waals surface area contributed by atoms with E-state index in [2.05, 4.69) is 9.73 Å². The maximum atomic E-state index is 11.6. The molecule has 0 aliphatic carbocycles. The van der Waals surface area contributed by atoms with Crippen LogP contribution in [0, 0.1) is 0 Å². The van der Waals surface area contributed by atoms with Crippen molar-refractivity contribution in [1.29, 1.82) is 0 Å². The third-order valence-corrected chi connectivity index (χ3v) is 2.93. The highest BCUT2D eigenvalue weighted by molar-refractivity contribution is 6.10. The number of ether oxygens (including phenoxy) is 1. The number of hydrogen-bond acceptors (Lipinski definition) is 5. The van der Waals surface area contributed by atoms with Crippen molar-refractivity contribution in [2.24, 2.45) is 4.99 Å². The van der Waals surface area contributed by atoms with E-state index in [1.165, 1.54) is 19.4 Å². The lowest BCUT2D eigenvalue weighted by molar-refractivity contribution is -0.135. The van der Waals surface area contributed by atoms with E-state index in [4.69, 9.17) is 0 Å². The van der Waals surface area contributed by atoms with Gasteiger partial charge in [-0.15, -0.1) is 0 Å². The van der Waals surface area contributed by atoms with E-state index < -0.39 is 5.97 Å². The van der Waals surface area contributed by atoms with Crippen LogP contribution in [-0.4, -0.2) is 45.0 Å². The summed E-state index contributed by atoms with van der Waals surface area (Å²) in [5.74, 6) is -0.803. The lowest BCUT2D eigenvalue weighted by atomic mass is 10.1. The number of aliphatic hydroxyl groups excluding tert-OH is 1. The van der Waals surface area contributed by atoms with Crippen molar-refractivity contribution in [3.05, 3.63) is 47.2 Å². The first kappa shape index (κ1) is 17.5. The number of benzene rings is 1. The van der Waals surface area contributed by atoms with Gasteiger partial charge in [-0.3, -0.25) is 4.99 Å². The number of aliphatic hydroxyl groups is 1. The van der Waals surface area contributed by atoms with Crippen LogP contribution in [-0.2, 0) is 9.53 Å². The van der Waals surface area contributed by atoms with Crippen molar-refractivity contribution < 1.29 is 14.6 Å². The number of carbonyl (C=O) groups excluding carboxylic acids is 1. The Bertz CT molecular complexity index is 584. The van der Waals surface area contributed by atoms with Gasteiger partial charge < -0.3 is 14.7 Å². The van der Waals surface area contributed by atoms with Crippen LogP contribution in [0.3, 0.4) is 0 Å². The molecule has 0 saturated heterocycles. The first-order valence-electron chi connectivity index (χ1n) is 6.96. The van der Waals surface area contributed by atoms with Crippen molar-refractivity contribution in [2.75, 3.05) is 32.6 Å². The molecule has 118 valence electrons. The standard InChI is InChI=1S/C17H22N2O3/c1-5-18-12-15(17(21)22-4)16(20)11-8-13-6-9-14(10-7-13)19(2)3/h6-12,20H,5H2,1-4H3. The monoisotopic (exact) mass is 302 g/mol. The molecule has 1 aromatic rings. The van der Waals surface area contributed by atoms with Gasteiger partial charge in [-0.2, -0.15) is 0 Å². The molecule has 0 saturated carbocycles. The van der Waals surface area contributed by atoms with Crippen molar-refractivity contribution in [2.45, 2.75) is 6.92 Å². The summed E-state index contributed by atoms with van der Waals surface area (Å²) >= 11 is 0. The molecule has 0 atom stereocenters. The summed E-state index contributed by atoms with van der Waals surface area (Å²) in [4.78, 5) is 17.6. The van der Waals surface area contributed by atoms with Crippen LogP contribution in [0.25, 0.3) is 6.08 Å². The molecular formula is C17H22N2O3. The Morgan fingerprint density at radius 1 is 1.32 bits per heavy atom. The summed E-state index contributed by atoms with van der Waals surface area (Å²) in [7, 11) is 5.20. The molecular weight excluding hydrogens is 280 g/mol. The third-order valence-electron chi connectivity index (χ3n) is 2.93. The largest absolute Gasteiger partial charge is 0.507 e. The first-order valence-corrected chi connectivity index (χ1v) is 6.96. The van der Waals surface area contributed by atoms with Crippen molar-refractivity contribution in [3.63, 3.8) is 0 Å². The molecule has 5 nitrogen and oxygen atoms in total. The number of esters is 1. The summed E-state index contributed by atoms with van der Waals surface area (Å²) in [6.45, 7) is 2.36. The molecule has 0 aromatic heterocycles. The van der Waals surface area contributed by atoms with Gasteiger partial charge in [0.05, 0.1) is 7.11 Å². The second-order valence-corrected chi connectivity index (χ2v) is 4.74. The van der Waals surface area contributed by atoms with Gasteiger partial charge in [-0.1, -0.05) is 18.2 Å². The highest BCUT2D eigenvalue weighted by Gasteiger charge is 2.11. The second-order valence-electron chi connectivity index (χ2n) is 4.74. The highest BCUT2D eigenvalue weighted by atomic mass is 16.5. The maximum Gasteiger partial charge on any atom is 0.343 e. The number of rotatable bonds is 6. The van der Waals surface area contributed by atoms with E-state index in [1.807, 2.05) is 50.2 Å². The van der Waals surface area contributed by atoms with Gasteiger partial charge in [-0.05, 0) is 30.7 Å². The molecule has 0 amide bonds. The maximum absolute atomic E-state index is 11.6. The molecule has 0 unspecified atom stereocenters. The Balaban J connectivity index is 2.99. The molecule has 0 spiro atoms. The molecule has 0 bridgehead atoms. The number of methoxy groups -OCH3 is 1. The lowest BCUT2D eigenvalue weighted by Gasteiger charge is -2.11. The van der Waals surface area contributed by atoms with E-state index >= 15 is 0 Å². The van der Waals surface area contributed by atoms with Crippen LogP contribution in [0.2, 0.25) is 0 Å². The fourth-order valence-corrected chi connectivity index (χ4v) is 1.66. The number of anilines is 1. The zero-order chi connectivity index (χ0) is 16.5. The number of hydrogen-bond donors (Lipinski definition) is 1. The Labute approximate surface area is 131 Å². The zero-order valence-electron chi connectivity index (χ0n) is 13.4. The summed E-state index contributed by atoms with van der Waals surface area (Å²) in [6.07, 6.45) is 4.50. The second kappa shape index (κ2) is 8.67. The first-order chi connectivity index (χ1) is 10.5. The average Bonchev–Trinajstić information content (AvgIpc) is 2.53. The fraction of sp³-hybridized carbons (Fsp3) is 0.294. The summed E-state index contributed by atoms with van der Waals surface area (Å²) in [5, 5.41) is 10.0. The number of carbonyl (C=O) groups is 1. The van der Waals surface area contributed by atoms with Crippen molar-refractivity contribution >= 4 is 23.9 Å². The van der Waals surface area contributed by atoms with E-state index in [-0.39, 0.29) is 11.3 Å². The van der Waals surface area contributed by atoms with Gasteiger partial charge in [0.1, 0.15) is 11.3 Å². The average molecular weight is 302 g/mol. The molecule has 0 heterocycles. The Morgan fingerprint density at radius 3 is 2.45 bits per heavy atom. The van der Waals surface area contributed by atoms with Crippen LogP contribution >= 0.6 is 0 Å². The molecule has 0 fully saturated rings. The molecule has 0 radical (unpaired) electrons. The topological polar surface area (TPSA) is 62.1 Å². The third kappa shape index (κ3) is 5.09. The van der Waals surface area contributed by atoms with Crippen LogP contribution < -0.4 is 4.90 Å². The van der Waals surface area contributed by atoms with Crippen LogP contribution in [0.1, 0.15) is 12.5 Å². The predicted molar refractivity (Wildman–Crippen MR) is 90.5 cm³/mol. The number of nitrogens with zero attached hydrogens (tertiary/aromatic N) is 2. The molecule has 22 heavy (non-hydrogen) atoms. The molecule has 5 heteroatoms. The van der Waals surface area contributed by atoms with Gasteiger partial charge >= 0.3 is 5.97 Å². The minimum absolute atomic E-state index is 0.0329. The van der Waals surface area contributed by atoms with Gasteiger partial charge in [0, 0.05) is 32.5 Å². The highest BCUT2D eigenvalue weighted by Crippen LogP contribution is 2.14. The van der Waals surface area contributed by atoms with Gasteiger partial charge in [0.25, 0.3) is 0 Å². The number of allylic oxidation sites excluding steroid dienone is 1. The quantitative estimate of drug-likeness (QED) is 0.288. The van der Waals surface area contributed by atoms with Gasteiger partial charge in [-0.25, -0.2) is 4.79 Å². The molecule has 1 aromatic carbocycles. The predicted octanol–water partition coefficient (Wildman–Crippen LogP) is 2.84. The van der Waals surface area contributed by atoms with E-state index in [9.17, 15) is 9.90 Å². The van der Waals surface area contributed by atoms with E-state index in [1.54, 1.807) is 6.08 Å². The van der Waals surface area contributed by atoms with Crippen LogP contribution in [0.15, 0.2) is 46.7 Å². The van der Waals surface area contributed by atoms with E-state index in [0.29, 0.717) is 6.54 Å². The molecule has 0 aliphatic rings. The molecule has 1 N–H and O–H groups in total. The zero-order valence-corrected chi connectivity index (χ0v) is 13.4. The molecule has 1 rings (SSSR count). The minimum Gasteiger partial charge on any atom is -0.507 e. The van der Waals surface area contributed by atoms with Crippen molar-refractivity contribution in [1.82, 2.24) is 0 Å². The normalized spacial score (nSPS) is 12.5. The fourth-order valence-electron chi connectivity index (χ4n) is 1.66. The Morgan fingerprint density at radius 2 is 1.95 bits per heavy atom. The van der Waals surface area contributed by atoms with Crippen LogP contribution in [0.4, 0.5) is 5.69 Å². The van der Waals surface area contributed by atoms with Gasteiger partial charge in [0.2, 0.25) is 0 Å². The summed E-state index contributed by atoms with van der Waals surface area (Å²) in [6, 6.07) is 7.80. The minimum atomic E-state index is -0.623. The summed E-state index contributed by atoms with van der Waals surface area (Å²) in [5.41, 5.74) is 2.03.